The molecule has 0 spiro atoms. The van der Waals surface area contributed by atoms with E-state index in [4.69, 9.17) is 15.4 Å². The molecule has 0 radical (unpaired) electrons. The van der Waals surface area contributed by atoms with Gasteiger partial charge in [-0.15, -0.1) is 0 Å². The zero-order valence-electron chi connectivity index (χ0n) is 11.5. The highest BCUT2D eigenvalue weighted by atomic mass is 16.4. The van der Waals surface area contributed by atoms with Crippen LogP contribution in [0.4, 0.5) is 0 Å². The molecule has 0 aliphatic heterocycles. The number of nitrogens with one attached hydrogen (secondary N) is 1. The minimum absolute atomic E-state index is 0.0347. The highest BCUT2D eigenvalue weighted by Crippen LogP contribution is 2.13. The molecule has 1 aromatic heterocycles. The van der Waals surface area contributed by atoms with E-state index in [0.717, 1.165) is 11.3 Å². The Kier molecular flexibility index (Phi) is 4.37. The molecule has 4 N–H and O–H groups in total. The number of hydrogen-bond acceptors (Lipinski definition) is 5. The molecule has 6 nitrogen and oxygen atoms in total. The zero-order valence-corrected chi connectivity index (χ0v) is 11.5. The molecular formula is C14H18N4O2. The lowest BCUT2D eigenvalue weighted by Crippen LogP contribution is -2.18. The summed E-state index contributed by atoms with van der Waals surface area (Å²) < 4.78 is 5.47. The van der Waals surface area contributed by atoms with Crippen molar-refractivity contribution in [1.29, 1.82) is 0 Å². The van der Waals surface area contributed by atoms with Crippen LogP contribution in [0.2, 0.25) is 0 Å². The monoisotopic (exact) mass is 274 g/mol. The number of hydrogen-bond donors (Lipinski definition) is 3. The van der Waals surface area contributed by atoms with Crippen molar-refractivity contribution in [3.63, 3.8) is 0 Å². The van der Waals surface area contributed by atoms with E-state index in [1.54, 1.807) is 6.20 Å². The quantitative estimate of drug-likeness (QED) is 0.335. The van der Waals surface area contributed by atoms with Crippen molar-refractivity contribution < 1.29 is 9.62 Å². The van der Waals surface area contributed by atoms with Crippen LogP contribution in [-0.4, -0.2) is 16.0 Å². The smallest absolute Gasteiger partial charge is 0.211 e. The summed E-state index contributed by atoms with van der Waals surface area (Å²) in [6.07, 6.45) is 1.71. The molecule has 20 heavy (non-hydrogen) atoms. The van der Waals surface area contributed by atoms with E-state index in [1.165, 1.54) is 0 Å². The number of aryl methyl sites for hydroxylation is 1. The summed E-state index contributed by atoms with van der Waals surface area (Å²) in [6, 6.07) is 7.51. The van der Waals surface area contributed by atoms with Crippen LogP contribution < -0.4 is 11.1 Å². The predicted octanol–water partition coefficient (Wildman–Crippen LogP) is 1.93. The standard InChI is InChI=1S/C14H18N4O2/c1-9-7-17-14(20-9)10(2)16-8-11-3-5-12(6-4-11)13(15)18-19/h3-7,10,16,19H,8H2,1-2H3,(H2,15,18). The fourth-order valence-electron chi connectivity index (χ4n) is 1.78. The molecule has 0 bridgehead atoms. The van der Waals surface area contributed by atoms with Crippen LogP contribution in [0.5, 0.6) is 0 Å². The molecule has 106 valence electrons. The number of amidine groups is 1. The summed E-state index contributed by atoms with van der Waals surface area (Å²) in [5, 5.41) is 14.9. The Balaban J connectivity index is 1.94. The van der Waals surface area contributed by atoms with Gasteiger partial charge in [0.25, 0.3) is 0 Å². The Morgan fingerprint density at radius 2 is 2.15 bits per heavy atom. The zero-order chi connectivity index (χ0) is 14.5. The maximum Gasteiger partial charge on any atom is 0.211 e. The first-order chi connectivity index (χ1) is 9.60. The van der Waals surface area contributed by atoms with Crippen molar-refractivity contribution in [2.24, 2.45) is 10.9 Å². The van der Waals surface area contributed by atoms with Gasteiger partial charge in [-0.1, -0.05) is 29.4 Å². The summed E-state index contributed by atoms with van der Waals surface area (Å²) in [5.41, 5.74) is 7.29. The topological polar surface area (TPSA) is 96.7 Å². The maximum absolute atomic E-state index is 8.59. The minimum Gasteiger partial charge on any atom is -0.444 e. The predicted molar refractivity (Wildman–Crippen MR) is 75.4 cm³/mol. The lowest BCUT2D eigenvalue weighted by molar-refractivity contribution is 0.318. The van der Waals surface area contributed by atoms with E-state index >= 15 is 0 Å². The molecule has 6 heteroatoms. The fraction of sp³-hybridized carbons (Fsp3) is 0.286. The van der Waals surface area contributed by atoms with Crippen molar-refractivity contribution in [1.82, 2.24) is 10.3 Å². The Hall–Kier alpha value is -2.34. The van der Waals surface area contributed by atoms with Crippen LogP contribution in [-0.2, 0) is 6.54 Å². The van der Waals surface area contributed by atoms with Crippen molar-refractivity contribution in [2.75, 3.05) is 0 Å². The molecule has 0 aliphatic rings. The molecule has 1 aromatic carbocycles. The van der Waals surface area contributed by atoms with Crippen molar-refractivity contribution in [2.45, 2.75) is 26.4 Å². The highest BCUT2D eigenvalue weighted by Gasteiger charge is 2.10. The van der Waals surface area contributed by atoms with Crippen LogP contribution in [0.15, 0.2) is 40.0 Å². The van der Waals surface area contributed by atoms with Crippen molar-refractivity contribution in [3.05, 3.63) is 53.2 Å². The van der Waals surface area contributed by atoms with E-state index in [0.29, 0.717) is 18.0 Å². The number of oxime groups is 1. The first kappa shape index (κ1) is 14.1. The lowest BCUT2D eigenvalue weighted by atomic mass is 10.1. The van der Waals surface area contributed by atoms with Gasteiger partial charge >= 0.3 is 0 Å². The summed E-state index contributed by atoms with van der Waals surface area (Å²) in [6.45, 7) is 4.55. The average molecular weight is 274 g/mol. The van der Waals surface area contributed by atoms with Crippen LogP contribution in [0.1, 0.15) is 35.7 Å². The Labute approximate surface area is 117 Å². The molecule has 0 fully saturated rings. The molecule has 0 amide bonds. The molecular weight excluding hydrogens is 256 g/mol. The van der Waals surface area contributed by atoms with Gasteiger partial charge in [-0.2, -0.15) is 0 Å². The number of rotatable bonds is 5. The highest BCUT2D eigenvalue weighted by molar-refractivity contribution is 5.96. The van der Waals surface area contributed by atoms with E-state index in [2.05, 4.69) is 15.5 Å². The van der Waals surface area contributed by atoms with Gasteiger partial charge < -0.3 is 20.7 Å². The number of benzene rings is 1. The van der Waals surface area contributed by atoms with Gasteiger partial charge in [-0.25, -0.2) is 4.98 Å². The van der Waals surface area contributed by atoms with E-state index < -0.39 is 0 Å². The lowest BCUT2D eigenvalue weighted by Gasteiger charge is -2.10. The summed E-state index contributed by atoms with van der Waals surface area (Å²) in [5.74, 6) is 1.58. The van der Waals surface area contributed by atoms with Gasteiger partial charge in [0.15, 0.2) is 5.84 Å². The molecule has 0 saturated carbocycles. The van der Waals surface area contributed by atoms with Crippen molar-refractivity contribution >= 4 is 5.84 Å². The Morgan fingerprint density at radius 3 is 2.70 bits per heavy atom. The van der Waals surface area contributed by atoms with Gasteiger partial charge in [0.1, 0.15) is 5.76 Å². The van der Waals surface area contributed by atoms with Crippen LogP contribution in [0, 0.1) is 6.92 Å². The minimum atomic E-state index is 0.0347. The first-order valence-corrected chi connectivity index (χ1v) is 6.32. The van der Waals surface area contributed by atoms with Gasteiger partial charge in [0, 0.05) is 12.1 Å². The fourth-order valence-corrected chi connectivity index (χ4v) is 1.78. The van der Waals surface area contributed by atoms with E-state index in [9.17, 15) is 0 Å². The second kappa shape index (κ2) is 6.21. The van der Waals surface area contributed by atoms with Crippen molar-refractivity contribution in [3.8, 4) is 0 Å². The first-order valence-electron chi connectivity index (χ1n) is 6.32. The molecule has 0 aliphatic carbocycles. The molecule has 1 atom stereocenters. The second-order valence-corrected chi connectivity index (χ2v) is 4.59. The second-order valence-electron chi connectivity index (χ2n) is 4.59. The normalized spacial score (nSPS) is 13.4. The SMILES string of the molecule is Cc1cnc(C(C)NCc2ccc(/C(N)=N/O)cc2)o1. The van der Waals surface area contributed by atoms with Crippen LogP contribution in [0.3, 0.4) is 0 Å². The summed E-state index contributed by atoms with van der Waals surface area (Å²) in [7, 11) is 0. The van der Waals surface area contributed by atoms with Gasteiger partial charge in [-0.05, 0) is 19.4 Å². The third-order valence-electron chi connectivity index (χ3n) is 2.98. The van der Waals surface area contributed by atoms with Gasteiger partial charge in [0.05, 0.1) is 12.2 Å². The van der Waals surface area contributed by atoms with E-state index in [1.807, 2.05) is 38.1 Å². The third kappa shape index (κ3) is 3.36. The average Bonchev–Trinajstić information content (AvgIpc) is 2.91. The molecule has 2 rings (SSSR count). The number of oxazole rings is 1. The largest absolute Gasteiger partial charge is 0.444 e. The van der Waals surface area contributed by atoms with Gasteiger partial charge in [-0.3, -0.25) is 0 Å². The number of nitrogens with zero attached hydrogens (tertiary/aromatic N) is 2. The summed E-state index contributed by atoms with van der Waals surface area (Å²) in [4.78, 5) is 4.19. The Morgan fingerprint density at radius 1 is 1.45 bits per heavy atom. The molecule has 1 heterocycles. The maximum atomic E-state index is 8.59. The summed E-state index contributed by atoms with van der Waals surface area (Å²) >= 11 is 0. The van der Waals surface area contributed by atoms with Crippen LogP contribution in [0.25, 0.3) is 0 Å². The van der Waals surface area contributed by atoms with E-state index in [-0.39, 0.29) is 11.9 Å². The number of aromatic nitrogens is 1. The van der Waals surface area contributed by atoms with Crippen LogP contribution >= 0.6 is 0 Å². The molecule has 1 unspecified atom stereocenters. The molecule has 0 saturated heterocycles. The number of nitrogens with two attached hydrogens (primary N) is 1. The third-order valence-corrected chi connectivity index (χ3v) is 2.98. The van der Waals surface area contributed by atoms with Gasteiger partial charge in [0.2, 0.25) is 5.89 Å². The molecule has 2 aromatic rings. The Bertz CT molecular complexity index is 589.